The van der Waals surface area contributed by atoms with Crippen LogP contribution in [-0.2, 0) is 6.18 Å². The van der Waals surface area contributed by atoms with E-state index < -0.39 is 11.9 Å². The molecule has 1 rings (SSSR count). The third-order valence-corrected chi connectivity index (χ3v) is 2.61. The second-order valence-corrected chi connectivity index (χ2v) is 4.49. The molecule has 1 unspecified atom stereocenters. The van der Waals surface area contributed by atoms with E-state index in [0.717, 1.165) is 6.07 Å². The highest BCUT2D eigenvalue weighted by molar-refractivity contribution is 5.43. The number of alkyl halides is 3. The molecule has 0 aliphatic carbocycles. The molecular formula is C12H19F3N4O. The summed E-state index contributed by atoms with van der Waals surface area (Å²) in [5.74, 6) is 0.194. The zero-order chi connectivity index (χ0) is 15.2. The normalized spacial score (nSPS) is 13.1. The van der Waals surface area contributed by atoms with Crippen LogP contribution in [-0.4, -0.2) is 34.8 Å². The quantitative estimate of drug-likeness (QED) is 0.719. The van der Waals surface area contributed by atoms with Gasteiger partial charge in [0, 0.05) is 25.8 Å². The fraction of sp³-hybridized carbons (Fsp3) is 0.667. The molecule has 20 heavy (non-hydrogen) atoms. The molecule has 114 valence electrons. The standard InChI is InChI=1S/C12H19F3N4O/c1-3-16-11-18-9(12(13,14)15)6-10(19-11)17-7-8(2)4-5-20/h6,8,20H,3-5,7H2,1-2H3,(H2,16,17,18,19). The second-order valence-electron chi connectivity index (χ2n) is 4.49. The first-order valence-corrected chi connectivity index (χ1v) is 6.41. The lowest BCUT2D eigenvalue weighted by molar-refractivity contribution is -0.141. The SMILES string of the molecule is CCNc1nc(NCC(C)CCO)cc(C(F)(F)F)n1. The Hall–Kier alpha value is -1.57. The minimum absolute atomic E-state index is 0.0447. The van der Waals surface area contributed by atoms with E-state index in [1.54, 1.807) is 6.92 Å². The highest BCUT2D eigenvalue weighted by atomic mass is 19.4. The van der Waals surface area contributed by atoms with Gasteiger partial charge in [0.1, 0.15) is 5.82 Å². The number of hydrogen-bond donors (Lipinski definition) is 3. The number of nitrogens with one attached hydrogen (secondary N) is 2. The summed E-state index contributed by atoms with van der Waals surface area (Å²) < 4.78 is 38.2. The van der Waals surface area contributed by atoms with E-state index in [-0.39, 0.29) is 24.3 Å². The van der Waals surface area contributed by atoms with Crippen molar-refractivity contribution in [2.75, 3.05) is 30.3 Å². The average Bonchev–Trinajstić information content (AvgIpc) is 2.36. The van der Waals surface area contributed by atoms with E-state index in [1.165, 1.54) is 0 Å². The average molecular weight is 292 g/mol. The van der Waals surface area contributed by atoms with Crippen LogP contribution in [0.4, 0.5) is 24.9 Å². The number of halogens is 3. The molecule has 0 bridgehead atoms. The summed E-state index contributed by atoms with van der Waals surface area (Å²) in [5, 5.41) is 14.3. The monoisotopic (exact) mass is 292 g/mol. The number of aromatic nitrogens is 2. The van der Waals surface area contributed by atoms with Gasteiger partial charge in [0.2, 0.25) is 5.95 Å². The lowest BCUT2D eigenvalue weighted by atomic mass is 10.1. The third-order valence-electron chi connectivity index (χ3n) is 2.61. The Bertz CT molecular complexity index is 426. The minimum Gasteiger partial charge on any atom is -0.396 e. The number of aliphatic hydroxyl groups excluding tert-OH is 1. The predicted octanol–water partition coefficient (Wildman–Crippen LogP) is 2.36. The van der Waals surface area contributed by atoms with Crippen molar-refractivity contribution in [2.24, 2.45) is 5.92 Å². The first-order chi connectivity index (χ1) is 9.36. The van der Waals surface area contributed by atoms with Crippen molar-refractivity contribution in [1.29, 1.82) is 0 Å². The van der Waals surface area contributed by atoms with Crippen LogP contribution in [0.2, 0.25) is 0 Å². The fourth-order valence-corrected chi connectivity index (χ4v) is 1.52. The number of nitrogens with zero attached hydrogens (tertiary/aromatic N) is 2. The van der Waals surface area contributed by atoms with Crippen LogP contribution in [0.3, 0.4) is 0 Å². The molecule has 0 amide bonds. The highest BCUT2D eigenvalue weighted by Gasteiger charge is 2.33. The van der Waals surface area contributed by atoms with Gasteiger partial charge < -0.3 is 15.7 Å². The zero-order valence-corrected chi connectivity index (χ0v) is 11.5. The molecule has 0 aromatic carbocycles. The molecule has 1 atom stereocenters. The molecular weight excluding hydrogens is 273 g/mol. The molecule has 0 saturated carbocycles. The number of hydrogen-bond acceptors (Lipinski definition) is 5. The van der Waals surface area contributed by atoms with Crippen LogP contribution < -0.4 is 10.6 Å². The number of aliphatic hydroxyl groups is 1. The van der Waals surface area contributed by atoms with E-state index in [0.29, 0.717) is 19.5 Å². The van der Waals surface area contributed by atoms with Crippen LogP contribution in [0.5, 0.6) is 0 Å². The van der Waals surface area contributed by atoms with Gasteiger partial charge in [-0.3, -0.25) is 0 Å². The summed E-state index contributed by atoms with van der Waals surface area (Å²) in [5.41, 5.74) is -0.985. The highest BCUT2D eigenvalue weighted by Crippen LogP contribution is 2.29. The summed E-state index contributed by atoms with van der Waals surface area (Å²) in [6.07, 6.45) is -3.94. The predicted molar refractivity (Wildman–Crippen MR) is 70.6 cm³/mol. The molecule has 0 aliphatic heterocycles. The van der Waals surface area contributed by atoms with Crippen molar-refractivity contribution in [3.05, 3.63) is 11.8 Å². The molecule has 3 N–H and O–H groups in total. The number of rotatable bonds is 7. The molecule has 0 radical (unpaired) electrons. The first-order valence-electron chi connectivity index (χ1n) is 6.41. The van der Waals surface area contributed by atoms with Gasteiger partial charge >= 0.3 is 6.18 Å². The van der Waals surface area contributed by atoms with Crippen molar-refractivity contribution in [3.63, 3.8) is 0 Å². The molecule has 1 heterocycles. The molecule has 1 aromatic heterocycles. The summed E-state index contributed by atoms with van der Waals surface area (Å²) in [6, 6.07) is 0.881. The zero-order valence-electron chi connectivity index (χ0n) is 11.5. The largest absolute Gasteiger partial charge is 0.433 e. The second kappa shape index (κ2) is 7.28. The molecule has 8 heteroatoms. The van der Waals surface area contributed by atoms with E-state index in [1.807, 2.05) is 6.92 Å². The van der Waals surface area contributed by atoms with Gasteiger partial charge in [-0.25, -0.2) is 4.98 Å². The van der Waals surface area contributed by atoms with Crippen LogP contribution >= 0.6 is 0 Å². The van der Waals surface area contributed by atoms with E-state index >= 15 is 0 Å². The Balaban J connectivity index is 2.86. The van der Waals surface area contributed by atoms with E-state index in [2.05, 4.69) is 20.6 Å². The Kier molecular flexibility index (Phi) is 6.00. The van der Waals surface area contributed by atoms with E-state index in [4.69, 9.17) is 5.11 Å². The van der Waals surface area contributed by atoms with Crippen molar-refractivity contribution >= 4 is 11.8 Å². The fourth-order valence-electron chi connectivity index (χ4n) is 1.52. The van der Waals surface area contributed by atoms with Crippen LogP contribution in [0.15, 0.2) is 6.07 Å². The summed E-state index contributed by atoms with van der Waals surface area (Å²) >= 11 is 0. The van der Waals surface area contributed by atoms with Gasteiger partial charge in [0.05, 0.1) is 0 Å². The first kappa shape index (κ1) is 16.5. The van der Waals surface area contributed by atoms with Crippen molar-refractivity contribution in [1.82, 2.24) is 9.97 Å². The van der Waals surface area contributed by atoms with Crippen LogP contribution in [0.1, 0.15) is 26.0 Å². The van der Waals surface area contributed by atoms with Gasteiger partial charge in [0.25, 0.3) is 0 Å². The van der Waals surface area contributed by atoms with Gasteiger partial charge in [-0.05, 0) is 19.3 Å². The van der Waals surface area contributed by atoms with Gasteiger partial charge in [-0.15, -0.1) is 0 Å². The van der Waals surface area contributed by atoms with Gasteiger partial charge in [0.15, 0.2) is 5.69 Å². The summed E-state index contributed by atoms with van der Waals surface area (Å²) in [7, 11) is 0. The smallest absolute Gasteiger partial charge is 0.396 e. The van der Waals surface area contributed by atoms with Crippen LogP contribution in [0.25, 0.3) is 0 Å². The Morgan fingerprint density at radius 3 is 2.55 bits per heavy atom. The molecule has 0 fully saturated rings. The van der Waals surface area contributed by atoms with Crippen LogP contribution in [0, 0.1) is 5.92 Å². The lowest BCUT2D eigenvalue weighted by Crippen LogP contribution is -2.17. The molecule has 0 saturated heterocycles. The third kappa shape index (κ3) is 5.20. The molecule has 0 aliphatic rings. The summed E-state index contributed by atoms with van der Waals surface area (Å²) in [6.45, 7) is 4.55. The van der Waals surface area contributed by atoms with Crippen molar-refractivity contribution in [2.45, 2.75) is 26.4 Å². The Morgan fingerprint density at radius 2 is 2.00 bits per heavy atom. The molecule has 0 spiro atoms. The maximum Gasteiger partial charge on any atom is 0.433 e. The maximum absolute atomic E-state index is 12.7. The summed E-state index contributed by atoms with van der Waals surface area (Å²) in [4.78, 5) is 7.40. The maximum atomic E-state index is 12.7. The lowest BCUT2D eigenvalue weighted by Gasteiger charge is -2.14. The topological polar surface area (TPSA) is 70.1 Å². The van der Waals surface area contributed by atoms with Crippen molar-refractivity contribution in [3.8, 4) is 0 Å². The van der Waals surface area contributed by atoms with Gasteiger partial charge in [-0.2, -0.15) is 18.2 Å². The van der Waals surface area contributed by atoms with E-state index in [9.17, 15) is 13.2 Å². The van der Waals surface area contributed by atoms with Crippen molar-refractivity contribution < 1.29 is 18.3 Å². The number of anilines is 2. The molecule has 5 nitrogen and oxygen atoms in total. The van der Waals surface area contributed by atoms with Gasteiger partial charge in [-0.1, -0.05) is 6.92 Å². The Labute approximate surface area is 115 Å². The minimum atomic E-state index is -4.51. The molecule has 1 aromatic rings. The Morgan fingerprint density at radius 1 is 1.30 bits per heavy atom.